The second kappa shape index (κ2) is 7.07. The molecule has 0 heterocycles. The van der Waals surface area contributed by atoms with Crippen LogP contribution in [0.3, 0.4) is 0 Å². The molecule has 0 aliphatic heterocycles. The molecule has 124 valence electrons. The third-order valence-corrected chi connectivity index (χ3v) is 4.20. The molecule has 0 spiro atoms. The molecule has 0 atom stereocenters. The maximum absolute atomic E-state index is 13.6. The van der Waals surface area contributed by atoms with E-state index in [1.807, 2.05) is 0 Å². The van der Waals surface area contributed by atoms with E-state index < -0.39 is 35.4 Å². The predicted molar refractivity (Wildman–Crippen MR) is 73.9 cm³/mol. The number of alkyl halides is 6. The lowest BCUT2D eigenvalue weighted by atomic mass is 10.3. The smallest absolute Gasteiger partial charge is 0.334 e. The minimum absolute atomic E-state index is 0.00629. The van der Waals surface area contributed by atoms with Crippen molar-refractivity contribution in [2.75, 3.05) is 18.1 Å². The summed E-state index contributed by atoms with van der Waals surface area (Å²) in [4.78, 5) is 2.89. The molecule has 0 aliphatic rings. The van der Waals surface area contributed by atoms with Gasteiger partial charge in [-0.1, -0.05) is 0 Å². The Hall–Kier alpha value is -0.970. The molecule has 0 amide bonds. The topological polar surface area (TPSA) is 24.4 Å². The molecule has 0 aliphatic carbocycles. The van der Waals surface area contributed by atoms with Crippen LogP contribution in [0.25, 0.3) is 0 Å². The van der Waals surface area contributed by atoms with Gasteiger partial charge >= 0.3 is 12.4 Å². The third kappa shape index (κ3) is 5.67. The van der Waals surface area contributed by atoms with Gasteiger partial charge in [-0.25, -0.2) is 4.39 Å². The summed E-state index contributed by atoms with van der Waals surface area (Å²) < 4.78 is 87.8. The van der Waals surface area contributed by atoms with Gasteiger partial charge in [-0.15, -0.1) is 11.8 Å². The molecule has 0 saturated carbocycles. The number of hydrogen-bond acceptors (Lipinski definition) is 2. The average Bonchev–Trinajstić information content (AvgIpc) is 2.33. The average molecular weight is 413 g/mol. The number of thioether (sulfide) groups is 1. The van der Waals surface area contributed by atoms with Crippen molar-refractivity contribution in [3.63, 3.8) is 0 Å². The van der Waals surface area contributed by atoms with Crippen LogP contribution in [-0.2, 0) is 0 Å². The Balaban J connectivity index is 3.06. The Labute approximate surface area is 133 Å². The lowest BCUT2D eigenvalue weighted by molar-refractivity contribution is -0.105. The molecule has 1 aromatic rings. The molecule has 22 heavy (non-hydrogen) atoms. The molecular weight excluding hydrogens is 405 g/mol. The molecule has 1 aromatic carbocycles. The van der Waals surface area contributed by atoms with Crippen LogP contribution in [0.5, 0.6) is 0 Å². The number of nitrogens with zero attached hydrogens (tertiary/aromatic N) is 1. The van der Waals surface area contributed by atoms with Crippen molar-refractivity contribution in [3.05, 3.63) is 22.4 Å². The van der Waals surface area contributed by atoms with Crippen molar-refractivity contribution in [2.45, 2.75) is 17.2 Å². The second-order valence-electron chi connectivity index (χ2n) is 3.86. The molecular formula is C11H8BrF7N2S. The molecule has 1 N–H and O–H groups in total. The highest BCUT2D eigenvalue weighted by Gasteiger charge is 2.36. The fourth-order valence-electron chi connectivity index (χ4n) is 1.28. The zero-order valence-electron chi connectivity index (χ0n) is 10.7. The van der Waals surface area contributed by atoms with Gasteiger partial charge in [0.15, 0.2) is 0 Å². The van der Waals surface area contributed by atoms with Gasteiger partial charge in [0.05, 0.1) is 11.4 Å². The first-order valence-electron chi connectivity index (χ1n) is 5.43. The summed E-state index contributed by atoms with van der Waals surface area (Å²) in [6.45, 7) is 0. The van der Waals surface area contributed by atoms with E-state index in [4.69, 9.17) is 0 Å². The Bertz CT molecular complexity index is 569. The van der Waals surface area contributed by atoms with Gasteiger partial charge in [-0.05, 0) is 28.1 Å². The Kier molecular flexibility index (Phi) is 6.13. The number of nitrogens with one attached hydrogen (secondary N) is 1. The lowest BCUT2D eigenvalue weighted by Crippen LogP contribution is -2.30. The first-order valence-corrected chi connectivity index (χ1v) is 7.21. The molecule has 2 nitrogen and oxygen atoms in total. The minimum Gasteiger partial charge on any atom is -0.334 e. The van der Waals surface area contributed by atoms with Crippen LogP contribution >= 0.6 is 27.7 Å². The zero-order chi connectivity index (χ0) is 17.1. The van der Waals surface area contributed by atoms with E-state index in [2.05, 4.69) is 20.9 Å². The van der Waals surface area contributed by atoms with Crippen LogP contribution in [0.4, 0.5) is 36.4 Å². The van der Waals surface area contributed by atoms with E-state index in [1.54, 1.807) is 5.32 Å². The predicted octanol–water partition coefficient (Wildman–Crippen LogP) is 5.25. The molecule has 0 aromatic heterocycles. The summed E-state index contributed by atoms with van der Waals surface area (Å²) >= 11 is 3.18. The monoisotopic (exact) mass is 412 g/mol. The highest BCUT2D eigenvalue weighted by molar-refractivity contribution is 9.10. The number of halogens is 8. The van der Waals surface area contributed by atoms with Crippen molar-refractivity contribution in [2.24, 2.45) is 4.99 Å². The number of anilines is 1. The minimum atomic E-state index is -4.84. The third-order valence-electron chi connectivity index (χ3n) is 2.16. The van der Waals surface area contributed by atoms with Crippen LogP contribution in [0.2, 0.25) is 0 Å². The van der Waals surface area contributed by atoms with Gasteiger partial charge in [0.2, 0.25) is 5.84 Å². The second-order valence-corrected chi connectivity index (χ2v) is 5.73. The maximum atomic E-state index is 13.6. The summed E-state index contributed by atoms with van der Waals surface area (Å²) in [5.41, 5.74) is -0.620. The number of aliphatic imine (C=N–C) groups is 1. The molecule has 11 heteroatoms. The fraction of sp³-hybridized carbons (Fsp3) is 0.364. The summed E-state index contributed by atoms with van der Waals surface area (Å²) in [7, 11) is 0.853. The summed E-state index contributed by atoms with van der Waals surface area (Å²) in [5, 5.41) is 1.74. The van der Waals surface area contributed by atoms with E-state index in [-0.39, 0.29) is 9.37 Å². The van der Waals surface area contributed by atoms with Crippen molar-refractivity contribution >= 4 is 39.2 Å². The highest BCUT2D eigenvalue weighted by atomic mass is 79.9. The Morgan fingerprint density at radius 1 is 1.23 bits per heavy atom. The SMILES string of the molecule is CN=C(Nc1cc(SCC(F)(F)F)c(Br)cc1F)C(F)(F)F. The Morgan fingerprint density at radius 3 is 2.27 bits per heavy atom. The molecule has 0 fully saturated rings. The van der Waals surface area contributed by atoms with Crippen LogP contribution in [0.15, 0.2) is 26.5 Å². The fourth-order valence-corrected chi connectivity index (χ4v) is 2.65. The number of benzene rings is 1. The van der Waals surface area contributed by atoms with Crippen LogP contribution in [-0.4, -0.2) is 31.0 Å². The van der Waals surface area contributed by atoms with Gasteiger partial charge in [-0.3, -0.25) is 4.99 Å². The van der Waals surface area contributed by atoms with E-state index in [1.165, 1.54) is 0 Å². The van der Waals surface area contributed by atoms with Crippen molar-refractivity contribution in [1.29, 1.82) is 0 Å². The van der Waals surface area contributed by atoms with Crippen molar-refractivity contribution in [3.8, 4) is 0 Å². The van der Waals surface area contributed by atoms with Gasteiger partial charge in [0.25, 0.3) is 0 Å². The van der Waals surface area contributed by atoms with Gasteiger partial charge in [-0.2, -0.15) is 26.3 Å². The Morgan fingerprint density at radius 2 is 1.82 bits per heavy atom. The van der Waals surface area contributed by atoms with E-state index >= 15 is 0 Å². The molecule has 0 saturated heterocycles. The first-order chi connectivity index (χ1) is 9.94. The molecule has 1 rings (SSSR count). The quantitative estimate of drug-likeness (QED) is 0.317. The van der Waals surface area contributed by atoms with Gasteiger partial charge in [0, 0.05) is 16.4 Å². The van der Waals surface area contributed by atoms with Crippen LogP contribution in [0.1, 0.15) is 0 Å². The van der Waals surface area contributed by atoms with E-state index in [0.29, 0.717) is 11.8 Å². The normalized spacial score (nSPS) is 13.4. The first kappa shape index (κ1) is 19.1. The van der Waals surface area contributed by atoms with Crippen molar-refractivity contribution in [1.82, 2.24) is 0 Å². The molecule has 0 bridgehead atoms. The number of amidine groups is 1. The summed E-state index contributed by atoms with van der Waals surface area (Å²) in [6.07, 6.45) is -9.30. The summed E-state index contributed by atoms with van der Waals surface area (Å²) in [6, 6.07) is 1.64. The maximum Gasteiger partial charge on any atom is 0.449 e. The van der Waals surface area contributed by atoms with Crippen molar-refractivity contribution < 1.29 is 30.7 Å². The van der Waals surface area contributed by atoms with E-state index in [0.717, 1.165) is 19.2 Å². The molecule has 0 radical (unpaired) electrons. The molecule has 0 unspecified atom stereocenters. The van der Waals surface area contributed by atoms with E-state index in [9.17, 15) is 30.7 Å². The van der Waals surface area contributed by atoms with Gasteiger partial charge in [0.1, 0.15) is 5.82 Å². The number of hydrogen-bond donors (Lipinski definition) is 1. The zero-order valence-corrected chi connectivity index (χ0v) is 13.1. The highest BCUT2D eigenvalue weighted by Crippen LogP contribution is 2.35. The van der Waals surface area contributed by atoms with Gasteiger partial charge < -0.3 is 5.32 Å². The lowest BCUT2D eigenvalue weighted by Gasteiger charge is -2.15. The van der Waals surface area contributed by atoms with Crippen LogP contribution < -0.4 is 5.32 Å². The standard InChI is InChI=1S/C11H8BrF7N2S/c1-20-9(11(17,18)19)21-7-3-8(5(12)2-6(7)13)22-4-10(14,15)16/h2-3H,4H2,1H3,(H,20,21). The summed E-state index contributed by atoms with van der Waals surface area (Å²) in [5.74, 6) is -3.78. The largest absolute Gasteiger partial charge is 0.449 e. The van der Waals surface area contributed by atoms with Crippen LogP contribution in [0, 0.1) is 5.82 Å². The number of rotatable bonds is 3.